The first-order valence-corrected chi connectivity index (χ1v) is 18.1. The number of hydrogen-bond donors (Lipinski definition) is 0. The van der Waals surface area contributed by atoms with E-state index in [4.69, 9.17) is 17.1 Å². The number of fused-ring (bicyclic) bond motifs is 4. The normalized spacial score (nSPS) is 12.6. The van der Waals surface area contributed by atoms with Crippen LogP contribution in [0.4, 0.5) is 0 Å². The molecule has 0 saturated carbocycles. The van der Waals surface area contributed by atoms with Crippen LogP contribution in [0, 0.1) is 31.4 Å². The summed E-state index contributed by atoms with van der Waals surface area (Å²) < 4.78 is 25.9. The first-order valence-electron chi connectivity index (χ1n) is 18.3. The Morgan fingerprint density at radius 1 is 0.788 bits per heavy atom. The van der Waals surface area contributed by atoms with Gasteiger partial charge in [0, 0.05) is 52.1 Å². The van der Waals surface area contributed by atoms with E-state index >= 15 is 0 Å². The molecule has 0 spiro atoms. The van der Waals surface area contributed by atoms with Gasteiger partial charge in [-0.05, 0) is 77.0 Å². The minimum atomic E-state index is -1.61. The van der Waals surface area contributed by atoms with Crippen LogP contribution in [0.1, 0.15) is 66.0 Å². The molecule has 52 heavy (non-hydrogen) atoms. The molecular formula is C46H43IrN3OS-2. The Morgan fingerprint density at radius 3 is 2.23 bits per heavy atom. The largest absolute Gasteiger partial charge is 0.501 e. The SMILES string of the molecule is [2H]C([2H])(c1cnc(-c2[c-]ccc3c2oc2cc4nc(C(C)(C)C)sc4cc23)cc1-c1c(C)cccc1C)C(C)(C)C.[Ir].[c-]1ccccc1-c1ccccn1. The summed E-state index contributed by atoms with van der Waals surface area (Å²) in [4.78, 5) is 14.0. The summed E-state index contributed by atoms with van der Waals surface area (Å²) in [6.45, 7) is 16.5. The molecule has 0 bridgehead atoms. The zero-order chi connectivity index (χ0) is 37.7. The molecule has 0 amide bonds. The molecule has 0 aliphatic rings. The van der Waals surface area contributed by atoms with Crippen LogP contribution in [0.25, 0.3) is 65.8 Å². The van der Waals surface area contributed by atoms with E-state index in [2.05, 4.69) is 69.9 Å². The van der Waals surface area contributed by atoms with Gasteiger partial charge in [0.15, 0.2) is 0 Å². The summed E-state index contributed by atoms with van der Waals surface area (Å²) in [6, 6.07) is 36.6. The van der Waals surface area contributed by atoms with E-state index in [1.807, 2.05) is 93.6 Å². The number of hydrogen-bond acceptors (Lipinski definition) is 5. The van der Waals surface area contributed by atoms with Crippen molar-refractivity contribution in [3.63, 3.8) is 0 Å². The van der Waals surface area contributed by atoms with E-state index < -0.39 is 11.8 Å². The summed E-state index contributed by atoms with van der Waals surface area (Å²) in [7, 11) is 0. The number of furan rings is 1. The van der Waals surface area contributed by atoms with Gasteiger partial charge >= 0.3 is 0 Å². The first-order chi connectivity index (χ1) is 25.1. The molecule has 8 aromatic rings. The molecule has 4 nitrogen and oxygen atoms in total. The topological polar surface area (TPSA) is 51.8 Å². The van der Waals surface area contributed by atoms with Gasteiger partial charge in [-0.1, -0.05) is 88.9 Å². The number of benzene rings is 4. The maximum atomic E-state index is 9.13. The second-order valence-corrected chi connectivity index (χ2v) is 16.1. The van der Waals surface area contributed by atoms with E-state index in [1.54, 1.807) is 23.7 Å². The number of nitrogens with zero attached hydrogens (tertiary/aromatic N) is 3. The summed E-state index contributed by atoms with van der Waals surface area (Å²) in [6.07, 6.45) is 1.89. The van der Waals surface area contributed by atoms with Gasteiger partial charge in [-0.2, -0.15) is 0 Å². The fraction of sp³-hybridized carbons (Fsp3) is 0.239. The fourth-order valence-electron chi connectivity index (χ4n) is 6.29. The average molecular weight is 880 g/mol. The van der Waals surface area contributed by atoms with Gasteiger partial charge in [0.1, 0.15) is 5.58 Å². The molecule has 0 aliphatic heterocycles. The van der Waals surface area contributed by atoms with Gasteiger partial charge in [-0.3, -0.25) is 0 Å². The van der Waals surface area contributed by atoms with Crippen LogP contribution in [0.3, 0.4) is 0 Å². The second kappa shape index (κ2) is 14.9. The van der Waals surface area contributed by atoms with Crippen LogP contribution in [0.2, 0.25) is 0 Å². The van der Waals surface area contributed by atoms with Crippen LogP contribution < -0.4 is 0 Å². The molecule has 0 fully saturated rings. The quantitative estimate of drug-likeness (QED) is 0.165. The third-order valence-electron chi connectivity index (χ3n) is 8.65. The maximum absolute atomic E-state index is 9.13. The van der Waals surface area contributed by atoms with Gasteiger partial charge in [0.25, 0.3) is 0 Å². The van der Waals surface area contributed by atoms with Crippen molar-refractivity contribution in [1.29, 1.82) is 0 Å². The zero-order valence-electron chi connectivity index (χ0n) is 32.8. The van der Waals surface area contributed by atoms with Crippen molar-refractivity contribution >= 4 is 43.5 Å². The van der Waals surface area contributed by atoms with Crippen molar-refractivity contribution in [3.05, 3.63) is 137 Å². The standard InChI is InChI=1S/C35H35N2OS.C11H8N.Ir/c1-20-11-9-12-21(2)31(20)25-15-27(36-19-22(25)18-34(3,4)5)24-14-10-13-23-26-16-30-28(17-29(26)38-32(23)24)37-33(39-30)35(6,7)8;1-2-6-10(7-3-1)11-8-4-5-9-12-11;/h9-13,15-17,19H,18H2,1-8H3;1-6,8-9H;/q2*-1;/i18D2;;. The third-order valence-corrected chi connectivity index (χ3v) is 10.1. The summed E-state index contributed by atoms with van der Waals surface area (Å²) >= 11 is 1.73. The minimum Gasteiger partial charge on any atom is -0.501 e. The molecule has 0 unspecified atom stereocenters. The molecule has 4 heterocycles. The Labute approximate surface area is 327 Å². The van der Waals surface area contributed by atoms with Crippen molar-refractivity contribution in [3.8, 4) is 33.6 Å². The molecule has 6 heteroatoms. The molecule has 1 radical (unpaired) electrons. The predicted molar refractivity (Wildman–Crippen MR) is 214 cm³/mol. The first kappa shape index (κ1) is 34.6. The average Bonchev–Trinajstić information content (AvgIpc) is 3.72. The van der Waals surface area contributed by atoms with Crippen LogP contribution in [0.15, 0.2) is 108 Å². The number of aryl methyl sites for hydroxylation is 2. The van der Waals surface area contributed by atoms with E-state index in [0.717, 1.165) is 76.2 Å². The number of aromatic nitrogens is 3. The van der Waals surface area contributed by atoms with Gasteiger partial charge in [0.2, 0.25) is 0 Å². The van der Waals surface area contributed by atoms with Gasteiger partial charge in [0.05, 0.1) is 20.8 Å². The summed E-state index contributed by atoms with van der Waals surface area (Å²) in [5, 5.41) is 3.16. The van der Waals surface area contributed by atoms with Crippen molar-refractivity contribution in [2.45, 2.75) is 67.2 Å². The molecule has 8 rings (SSSR count). The van der Waals surface area contributed by atoms with Crippen molar-refractivity contribution in [2.75, 3.05) is 0 Å². The van der Waals surface area contributed by atoms with Crippen LogP contribution in [-0.4, -0.2) is 15.0 Å². The zero-order valence-corrected chi connectivity index (χ0v) is 34.0. The van der Waals surface area contributed by atoms with E-state index in [0.29, 0.717) is 11.3 Å². The molecule has 0 aliphatic carbocycles. The summed E-state index contributed by atoms with van der Waals surface area (Å²) in [5.41, 5.74) is 9.98. The molecule has 4 aromatic heterocycles. The minimum absolute atomic E-state index is 0. The van der Waals surface area contributed by atoms with Crippen LogP contribution in [-0.2, 0) is 31.9 Å². The van der Waals surface area contributed by atoms with Gasteiger partial charge in [-0.25, -0.2) is 4.98 Å². The molecule has 4 aromatic carbocycles. The number of thiazole rings is 1. The summed E-state index contributed by atoms with van der Waals surface area (Å²) in [5.74, 6) is 0. The Balaban J connectivity index is 0.000000324. The smallest absolute Gasteiger partial charge is 0.123 e. The van der Waals surface area contributed by atoms with Crippen molar-refractivity contribution < 1.29 is 27.3 Å². The Kier molecular flexibility index (Phi) is 9.89. The number of pyridine rings is 2. The molecule has 265 valence electrons. The van der Waals surface area contributed by atoms with Crippen LogP contribution in [0.5, 0.6) is 0 Å². The molecule has 0 N–H and O–H groups in total. The maximum Gasteiger partial charge on any atom is 0.123 e. The van der Waals surface area contributed by atoms with Gasteiger partial charge in [-0.15, -0.1) is 65.4 Å². The van der Waals surface area contributed by atoms with E-state index in [9.17, 15) is 0 Å². The molecule has 0 saturated heterocycles. The van der Waals surface area contributed by atoms with Crippen LogP contribution >= 0.6 is 11.3 Å². The molecular weight excluding hydrogens is 835 g/mol. The number of rotatable bonds is 4. The predicted octanol–water partition coefficient (Wildman–Crippen LogP) is 12.8. The second-order valence-electron chi connectivity index (χ2n) is 15.0. The Bertz CT molecular complexity index is 2530. The Hall–Kier alpha value is -4.48. The Morgan fingerprint density at radius 2 is 1.56 bits per heavy atom. The van der Waals surface area contributed by atoms with Crippen molar-refractivity contribution in [2.24, 2.45) is 5.41 Å². The van der Waals surface area contributed by atoms with Gasteiger partial charge < -0.3 is 14.4 Å². The van der Waals surface area contributed by atoms with Crippen molar-refractivity contribution in [1.82, 2.24) is 15.0 Å². The van der Waals surface area contributed by atoms with E-state index in [-0.39, 0.29) is 25.5 Å². The fourth-order valence-corrected chi connectivity index (χ4v) is 7.33. The van der Waals surface area contributed by atoms with E-state index in [1.165, 1.54) is 0 Å². The third kappa shape index (κ3) is 7.80. The molecule has 0 atom stereocenters. The monoisotopic (exact) mass is 880 g/mol.